The molecule has 0 atom stereocenters. The molecular formula is C29H30N4O5. The summed E-state index contributed by atoms with van der Waals surface area (Å²) in [5.74, 6) is 0.771. The Balaban J connectivity index is 1.41. The summed E-state index contributed by atoms with van der Waals surface area (Å²) < 4.78 is 10.9. The van der Waals surface area contributed by atoms with Gasteiger partial charge in [-0.25, -0.2) is 4.79 Å². The van der Waals surface area contributed by atoms with Crippen molar-refractivity contribution in [1.82, 2.24) is 4.90 Å². The summed E-state index contributed by atoms with van der Waals surface area (Å²) in [6, 6.07) is 17.9. The van der Waals surface area contributed by atoms with Gasteiger partial charge >= 0.3 is 5.97 Å². The van der Waals surface area contributed by atoms with Crippen LogP contribution in [-0.2, 0) is 11.3 Å². The molecule has 0 saturated carbocycles. The summed E-state index contributed by atoms with van der Waals surface area (Å²) in [7, 11) is 1.36. The van der Waals surface area contributed by atoms with Crippen LogP contribution in [0.25, 0.3) is 0 Å². The number of carbonyl (C=O) groups excluding carboxylic acids is 1. The Morgan fingerprint density at radius 3 is 2.34 bits per heavy atom. The lowest BCUT2D eigenvalue weighted by Crippen LogP contribution is -2.38. The minimum atomic E-state index is -0.391. The van der Waals surface area contributed by atoms with Crippen LogP contribution in [0.2, 0.25) is 0 Å². The molecule has 1 heterocycles. The van der Waals surface area contributed by atoms with Gasteiger partial charge in [-0.05, 0) is 73.7 Å². The highest BCUT2D eigenvalue weighted by atomic mass is 16.6. The molecule has 0 spiro atoms. The van der Waals surface area contributed by atoms with E-state index in [4.69, 9.17) is 9.47 Å². The van der Waals surface area contributed by atoms with Crippen molar-refractivity contribution >= 4 is 17.3 Å². The largest absolute Gasteiger partial charge is 0.465 e. The molecule has 1 saturated heterocycles. The van der Waals surface area contributed by atoms with E-state index in [9.17, 15) is 20.2 Å². The maximum atomic E-state index is 11.7. The Labute approximate surface area is 221 Å². The molecular weight excluding hydrogens is 484 g/mol. The Bertz CT molecular complexity index is 1350. The van der Waals surface area contributed by atoms with Crippen molar-refractivity contribution in [2.24, 2.45) is 0 Å². The molecule has 9 nitrogen and oxygen atoms in total. The van der Waals surface area contributed by atoms with Crippen LogP contribution in [0.1, 0.15) is 45.5 Å². The van der Waals surface area contributed by atoms with Crippen molar-refractivity contribution in [1.29, 1.82) is 5.26 Å². The third-order valence-electron chi connectivity index (χ3n) is 6.70. The van der Waals surface area contributed by atoms with Gasteiger partial charge in [0.1, 0.15) is 17.2 Å². The van der Waals surface area contributed by atoms with Gasteiger partial charge < -0.3 is 14.8 Å². The average Bonchev–Trinajstić information content (AvgIpc) is 2.91. The molecule has 0 aliphatic carbocycles. The van der Waals surface area contributed by atoms with E-state index in [0.29, 0.717) is 28.3 Å². The fourth-order valence-corrected chi connectivity index (χ4v) is 4.72. The topological polar surface area (TPSA) is 118 Å². The summed E-state index contributed by atoms with van der Waals surface area (Å²) in [5.41, 5.74) is 4.26. The SMILES string of the molecule is COC(=O)c1ccc(CN2CCC(Nc3cc(Oc4c(C)cc(C#N)cc4C)ccc3[N+](=O)[O-])CC2)cc1. The van der Waals surface area contributed by atoms with Crippen LogP contribution >= 0.6 is 0 Å². The number of hydrogen-bond donors (Lipinski definition) is 1. The molecule has 3 aromatic carbocycles. The van der Waals surface area contributed by atoms with E-state index < -0.39 is 4.92 Å². The molecule has 0 aromatic heterocycles. The minimum absolute atomic E-state index is 0.00116. The summed E-state index contributed by atoms with van der Waals surface area (Å²) in [4.78, 5) is 25.3. The monoisotopic (exact) mass is 514 g/mol. The number of carbonyl (C=O) groups is 1. The fourth-order valence-electron chi connectivity index (χ4n) is 4.72. The zero-order valence-corrected chi connectivity index (χ0v) is 21.7. The second-order valence-electron chi connectivity index (χ2n) is 9.47. The molecule has 1 aliphatic rings. The number of methoxy groups -OCH3 is 1. The van der Waals surface area contributed by atoms with Gasteiger partial charge in [0.05, 0.1) is 29.2 Å². The van der Waals surface area contributed by atoms with Crippen molar-refractivity contribution < 1.29 is 19.2 Å². The number of ether oxygens (including phenoxy) is 2. The number of nitro benzene ring substituents is 1. The Kier molecular flexibility index (Phi) is 8.24. The lowest BCUT2D eigenvalue weighted by atomic mass is 10.0. The molecule has 1 fully saturated rings. The molecule has 0 amide bonds. The van der Waals surface area contributed by atoms with Gasteiger partial charge in [0.2, 0.25) is 0 Å². The normalized spacial score (nSPS) is 13.9. The average molecular weight is 515 g/mol. The standard InChI is InChI=1S/C29H30N4O5/c1-19-14-22(17-30)15-20(2)28(19)38-25-8-9-27(33(35)36)26(16-25)31-24-10-12-32(13-11-24)18-21-4-6-23(7-5-21)29(34)37-3/h4-9,14-16,24,31H,10-13,18H2,1-3H3. The zero-order valence-electron chi connectivity index (χ0n) is 21.7. The van der Waals surface area contributed by atoms with Gasteiger partial charge in [-0.15, -0.1) is 0 Å². The summed E-state index contributed by atoms with van der Waals surface area (Å²) >= 11 is 0. The van der Waals surface area contributed by atoms with Crippen LogP contribution in [0.5, 0.6) is 11.5 Å². The number of hydrogen-bond acceptors (Lipinski definition) is 8. The molecule has 0 unspecified atom stereocenters. The molecule has 9 heteroatoms. The number of nitriles is 1. The second kappa shape index (κ2) is 11.8. The van der Waals surface area contributed by atoms with Gasteiger partial charge in [-0.3, -0.25) is 15.0 Å². The van der Waals surface area contributed by atoms with Gasteiger partial charge in [-0.2, -0.15) is 5.26 Å². The predicted octanol–water partition coefficient (Wildman–Crippen LogP) is 5.74. The fraction of sp³-hybridized carbons (Fsp3) is 0.310. The van der Waals surface area contributed by atoms with E-state index in [1.807, 2.05) is 26.0 Å². The molecule has 1 N–H and O–H groups in total. The smallest absolute Gasteiger partial charge is 0.337 e. The van der Waals surface area contributed by atoms with Gasteiger partial charge in [-0.1, -0.05) is 12.1 Å². The third-order valence-corrected chi connectivity index (χ3v) is 6.70. The van der Waals surface area contributed by atoms with Crippen molar-refractivity contribution in [2.45, 2.75) is 39.3 Å². The summed E-state index contributed by atoms with van der Waals surface area (Å²) in [6.45, 7) is 6.18. The minimum Gasteiger partial charge on any atom is -0.465 e. The Hall–Kier alpha value is -4.42. The first-order valence-corrected chi connectivity index (χ1v) is 12.4. The first-order chi connectivity index (χ1) is 18.3. The van der Waals surface area contributed by atoms with E-state index in [1.165, 1.54) is 13.2 Å². The van der Waals surface area contributed by atoms with E-state index in [-0.39, 0.29) is 17.7 Å². The van der Waals surface area contributed by atoms with Gasteiger partial charge in [0, 0.05) is 37.8 Å². The number of anilines is 1. The van der Waals surface area contributed by atoms with Crippen LogP contribution in [0.15, 0.2) is 54.6 Å². The molecule has 4 rings (SSSR count). The number of likely N-dealkylation sites (tertiary alicyclic amines) is 1. The Morgan fingerprint density at radius 1 is 1.11 bits per heavy atom. The van der Waals surface area contributed by atoms with E-state index in [1.54, 1.807) is 36.4 Å². The Morgan fingerprint density at radius 2 is 1.76 bits per heavy atom. The van der Waals surface area contributed by atoms with Crippen LogP contribution < -0.4 is 10.1 Å². The number of piperidine rings is 1. The third kappa shape index (κ3) is 6.28. The maximum absolute atomic E-state index is 11.7. The number of esters is 1. The number of nitrogens with zero attached hydrogens (tertiary/aromatic N) is 3. The van der Waals surface area contributed by atoms with Crippen molar-refractivity contribution in [3.8, 4) is 17.6 Å². The van der Waals surface area contributed by atoms with Crippen molar-refractivity contribution in [3.05, 3.63) is 92.5 Å². The molecule has 0 radical (unpaired) electrons. The lowest BCUT2D eigenvalue weighted by molar-refractivity contribution is -0.384. The van der Waals surface area contributed by atoms with Crippen LogP contribution in [0.4, 0.5) is 11.4 Å². The second-order valence-corrected chi connectivity index (χ2v) is 9.47. The lowest BCUT2D eigenvalue weighted by Gasteiger charge is -2.32. The number of rotatable bonds is 8. The summed E-state index contributed by atoms with van der Waals surface area (Å²) in [5, 5.41) is 24.3. The van der Waals surface area contributed by atoms with E-state index in [0.717, 1.165) is 49.2 Å². The van der Waals surface area contributed by atoms with Crippen LogP contribution in [-0.4, -0.2) is 42.0 Å². The molecule has 196 valence electrons. The zero-order chi connectivity index (χ0) is 27.2. The van der Waals surface area contributed by atoms with Crippen molar-refractivity contribution in [2.75, 3.05) is 25.5 Å². The van der Waals surface area contributed by atoms with Gasteiger partial charge in [0.15, 0.2) is 0 Å². The van der Waals surface area contributed by atoms with Crippen molar-refractivity contribution in [3.63, 3.8) is 0 Å². The quantitative estimate of drug-likeness (QED) is 0.230. The van der Waals surface area contributed by atoms with E-state index >= 15 is 0 Å². The summed E-state index contributed by atoms with van der Waals surface area (Å²) in [6.07, 6.45) is 1.66. The van der Waals surface area contributed by atoms with E-state index in [2.05, 4.69) is 16.3 Å². The maximum Gasteiger partial charge on any atom is 0.337 e. The molecule has 38 heavy (non-hydrogen) atoms. The number of benzene rings is 3. The molecule has 0 bridgehead atoms. The van der Waals surface area contributed by atoms with Crippen LogP contribution in [0.3, 0.4) is 0 Å². The molecule has 1 aliphatic heterocycles. The van der Waals surface area contributed by atoms with Gasteiger partial charge in [0.25, 0.3) is 5.69 Å². The first-order valence-electron chi connectivity index (χ1n) is 12.4. The number of aryl methyl sites for hydroxylation is 2. The predicted molar refractivity (Wildman–Crippen MR) is 144 cm³/mol. The highest BCUT2D eigenvalue weighted by molar-refractivity contribution is 5.89. The number of nitro groups is 1. The number of nitrogens with one attached hydrogen (secondary N) is 1. The highest BCUT2D eigenvalue weighted by Gasteiger charge is 2.23. The van der Waals surface area contributed by atoms with Crippen LogP contribution in [0, 0.1) is 35.3 Å². The highest BCUT2D eigenvalue weighted by Crippen LogP contribution is 2.35. The molecule has 3 aromatic rings. The first kappa shape index (κ1) is 26.6.